The highest BCUT2D eigenvalue weighted by atomic mass is 16.4. The van der Waals surface area contributed by atoms with Crippen molar-refractivity contribution in [2.24, 2.45) is 0 Å². The summed E-state index contributed by atoms with van der Waals surface area (Å²) in [6.07, 6.45) is 2.48. The summed E-state index contributed by atoms with van der Waals surface area (Å²) in [4.78, 5) is 25.4. The van der Waals surface area contributed by atoms with Crippen molar-refractivity contribution >= 4 is 28.9 Å². The van der Waals surface area contributed by atoms with Crippen LogP contribution in [0.1, 0.15) is 23.2 Å². The third kappa shape index (κ3) is 2.39. The van der Waals surface area contributed by atoms with Crippen molar-refractivity contribution in [3.8, 4) is 0 Å². The number of oxazole rings is 1. The van der Waals surface area contributed by atoms with Gasteiger partial charge in [0.1, 0.15) is 5.52 Å². The molecule has 0 amide bonds. The number of nitrogens with zero attached hydrogens (tertiary/aromatic N) is 1. The number of hydrogen-bond acceptors (Lipinski definition) is 4. The molecule has 0 aliphatic heterocycles. The Bertz CT molecular complexity index is 624. The quantitative estimate of drug-likeness (QED) is 0.646. The van der Waals surface area contributed by atoms with E-state index in [2.05, 4.69) is 4.98 Å². The molecule has 2 rings (SSSR count). The van der Waals surface area contributed by atoms with E-state index in [0.29, 0.717) is 16.7 Å². The molecule has 0 saturated carbocycles. The number of fused-ring (bicyclic) bond motifs is 1. The Hall–Kier alpha value is -2.43. The SMILES string of the molecule is CC(=O)c1nc2cc(/C=C/C(=O)O)ccc2o1. The molecule has 86 valence electrons. The third-order valence-electron chi connectivity index (χ3n) is 2.13. The molecule has 0 aliphatic carbocycles. The van der Waals surface area contributed by atoms with Crippen LogP contribution in [0, 0.1) is 0 Å². The summed E-state index contributed by atoms with van der Waals surface area (Å²) >= 11 is 0. The maximum absolute atomic E-state index is 11.1. The van der Waals surface area contributed by atoms with Gasteiger partial charge in [-0.25, -0.2) is 9.78 Å². The zero-order valence-electron chi connectivity index (χ0n) is 9.01. The lowest BCUT2D eigenvalue weighted by molar-refractivity contribution is -0.131. The van der Waals surface area contributed by atoms with Gasteiger partial charge in [-0.15, -0.1) is 0 Å². The Morgan fingerprint density at radius 3 is 2.82 bits per heavy atom. The van der Waals surface area contributed by atoms with Gasteiger partial charge in [-0.2, -0.15) is 0 Å². The molecule has 5 nitrogen and oxygen atoms in total. The summed E-state index contributed by atoms with van der Waals surface area (Å²) in [5.41, 5.74) is 1.72. The van der Waals surface area contributed by atoms with Gasteiger partial charge in [-0.3, -0.25) is 4.79 Å². The van der Waals surface area contributed by atoms with Crippen LogP contribution in [0.2, 0.25) is 0 Å². The molecule has 1 N–H and O–H groups in total. The summed E-state index contributed by atoms with van der Waals surface area (Å²) in [7, 11) is 0. The average Bonchev–Trinajstić information content (AvgIpc) is 2.69. The highest BCUT2D eigenvalue weighted by molar-refractivity contribution is 5.92. The number of aromatic nitrogens is 1. The van der Waals surface area contributed by atoms with E-state index in [1.165, 1.54) is 13.0 Å². The number of carboxylic acid groups (broad SMARTS) is 1. The molecule has 0 bridgehead atoms. The fraction of sp³-hybridized carbons (Fsp3) is 0.0833. The number of carbonyl (C=O) groups excluding carboxylic acids is 1. The summed E-state index contributed by atoms with van der Waals surface area (Å²) in [5, 5.41) is 8.50. The van der Waals surface area contributed by atoms with Crippen LogP contribution in [-0.4, -0.2) is 21.8 Å². The topological polar surface area (TPSA) is 80.4 Å². The first kappa shape index (κ1) is 11.1. The zero-order valence-corrected chi connectivity index (χ0v) is 9.01. The van der Waals surface area contributed by atoms with Gasteiger partial charge in [0.25, 0.3) is 5.89 Å². The maximum atomic E-state index is 11.1. The van der Waals surface area contributed by atoms with E-state index in [1.54, 1.807) is 18.2 Å². The molecule has 1 aromatic carbocycles. The Kier molecular flexibility index (Phi) is 2.74. The number of benzene rings is 1. The highest BCUT2D eigenvalue weighted by Gasteiger charge is 2.09. The van der Waals surface area contributed by atoms with E-state index in [0.717, 1.165) is 6.08 Å². The van der Waals surface area contributed by atoms with E-state index in [1.807, 2.05) is 0 Å². The normalized spacial score (nSPS) is 11.1. The van der Waals surface area contributed by atoms with Gasteiger partial charge >= 0.3 is 5.97 Å². The average molecular weight is 231 g/mol. The number of rotatable bonds is 3. The lowest BCUT2D eigenvalue weighted by Gasteiger charge is -1.90. The first-order valence-electron chi connectivity index (χ1n) is 4.89. The van der Waals surface area contributed by atoms with Crippen molar-refractivity contribution in [1.29, 1.82) is 0 Å². The van der Waals surface area contributed by atoms with E-state index in [-0.39, 0.29) is 11.7 Å². The summed E-state index contributed by atoms with van der Waals surface area (Å²) < 4.78 is 5.21. The number of ketones is 1. The fourth-order valence-electron chi connectivity index (χ4n) is 1.37. The highest BCUT2D eigenvalue weighted by Crippen LogP contribution is 2.18. The van der Waals surface area contributed by atoms with Crippen LogP contribution in [0.15, 0.2) is 28.7 Å². The van der Waals surface area contributed by atoms with Crippen LogP contribution in [0.5, 0.6) is 0 Å². The van der Waals surface area contributed by atoms with Gasteiger partial charge < -0.3 is 9.52 Å². The molecule has 0 aliphatic rings. The third-order valence-corrected chi connectivity index (χ3v) is 2.13. The van der Waals surface area contributed by atoms with E-state index in [9.17, 15) is 9.59 Å². The van der Waals surface area contributed by atoms with Crippen LogP contribution >= 0.6 is 0 Å². The Labute approximate surface area is 96.4 Å². The van der Waals surface area contributed by atoms with Crippen LogP contribution in [-0.2, 0) is 4.79 Å². The lowest BCUT2D eigenvalue weighted by Crippen LogP contribution is -1.89. The zero-order chi connectivity index (χ0) is 12.4. The van der Waals surface area contributed by atoms with Gasteiger partial charge in [-0.1, -0.05) is 6.07 Å². The molecule has 0 radical (unpaired) electrons. The first-order chi connectivity index (χ1) is 8.06. The minimum absolute atomic E-state index is 0.0550. The molecule has 5 heteroatoms. The Balaban J connectivity index is 2.43. The minimum atomic E-state index is -1.02. The molecule has 1 heterocycles. The van der Waals surface area contributed by atoms with Gasteiger partial charge in [0.2, 0.25) is 5.78 Å². The second-order valence-electron chi connectivity index (χ2n) is 3.47. The van der Waals surface area contributed by atoms with Crippen molar-refractivity contribution in [1.82, 2.24) is 4.98 Å². The van der Waals surface area contributed by atoms with Gasteiger partial charge in [0.05, 0.1) is 0 Å². The van der Waals surface area contributed by atoms with Crippen LogP contribution < -0.4 is 0 Å². The molecule has 17 heavy (non-hydrogen) atoms. The molecule has 2 aromatic rings. The van der Waals surface area contributed by atoms with Crippen LogP contribution in [0.3, 0.4) is 0 Å². The smallest absolute Gasteiger partial charge is 0.328 e. The molecule has 0 saturated heterocycles. The fourth-order valence-corrected chi connectivity index (χ4v) is 1.37. The van der Waals surface area contributed by atoms with E-state index >= 15 is 0 Å². The monoisotopic (exact) mass is 231 g/mol. The van der Waals surface area contributed by atoms with Crippen molar-refractivity contribution < 1.29 is 19.1 Å². The molecule has 0 atom stereocenters. The second kappa shape index (κ2) is 4.21. The first-order valence-corrected chi connectivity index (χ1v) is 4.89. The van der Waals surface area contributed by atoms with Gasteiger partial charge in [0.15, 0.2) is 5.58 Å². The predicted octanol–water partition coefficient (Wildman–Crippen LogP) is 2.13. The summed E-state index contributed by atoms with van der Waals surface area (Å²) in [6, 6.07) is 5.00. The van der Waals surface area contributed by atoms with E-state index < -0.39 is 5.97 Å². The maximum Gasteiger partial charge on any atom is 0.328 e. The Morgan fingerprint density at radius 1 is 1.41 bits per heavy atom. The van der Waals surface area contributed by atoms with Crippen molar-refractivity contribution in [2.75, 3.05) is 0 Å². The number of aliphatic carboxylic acids is 1. The van der Waals surface area contributed by atoms with Gasteiger partial charge in [-0.05, 0) is 23.8 Å². The van der Waals surface area contributed by atoms with Crippen molar-refractivity contribution in [2.45, 2.75) is 6.92 Å². The van der Waals surface area contributed by atoms with Crippen molar-refractivity contribution in [3.63, 3.8) is 0 Å². The summed E-state index contributed by atoms with van der Waals surface area (Å²) in [5.74, 6) is -1.21. The molecular weight excluding hydrogens is 222 g/mol. The molecule has 1 aromatic heterocycles. The molecule has 0 fully saturated rings. The molecule has 0 unspecified atom stereocenters. The largest absolute Gasteiger partial charge is 0.478 e. The number of hydrogen-bond donors (Lipinski definition) is 1. The summed E-state index contributed by atoms with van der Waals surface area (Å²) in [6.45, 7) is 1.37. The van der Waals surface area contributed by atoms with E-state index in [4.69, 9.17) is 9.52 Å². The van der Waals surface area contributed by atoms with Crippen LogP contribution in [0.4, 0.5) is 0 Å². The number of carbonyl (C=O) groups is 2. The number of carboxylic acids is 1. The minimum Gasteiger partial charge on any atom is -0.478 e. The molecular formula is C12H9NO4. The standard InChI is InChI=1S/C12H9NO4/c1-7(14)12-13-9-6-8(3-5-11(15)16)2-4-10(9)17-12/h2-6H,1H3,(H,15,16)/b5-3+. The van der Waals surface area contributed by atoms with Crippen molar-refractivity contribution in [3.05, 3.63) is 35.7 Å². The predicted molar refractivity (Wildman–Crippen MR) is 60.7 cm³/mol. The Morgan fingerprint density at radius 2 is 2.18 bits per heavy atom. The lowest BCUT2D eigenvalue weighted by atomic mass is 10.2. The van der Waals surface area contributed by atoms with Crippen LogP contribution in [0.25, 0.3) is 17.2 Å². The number of Topliss-reactive ketones (excluding diaryl/α,β-unsaturated/α-hetero) is 1. The molecule has 0 spiro atoms. The van der Waals surface area contributed by atoms with Gasteiger partial charge in [0, 0.05) is 13.0 Å². The second-order valence-corrected chi connectivity index (χ2v) is 3.47.